The Bertz CT molecular complexity index is 1270. The molecule has 31 heavy (non-hydrogen) atoms. The summed E-state index contributed by atoms with van der Waals surface area (Å²) in [7, 11) is 0. The van der Waals surface area contributed by atoms with E-state index in [2.05, 4.69) is 42.5 Å². The molecule has 0 radical (unpaired) electrons. The first-order valence-electron chi connectivity index (χ1n) is 9.67. The lowest BCUT2D eigenvalue weighted by atomic mass is 10.1. The molecule has 0 aliphatic rings. The molecule has 0 unspecified atom stereocenters. The van der Waals surface area contributed by atoms with Crippen molar-refractivity contribution in [2.45, 2.75) is 19.9 Å². The molecule has 0 aliphatic carbocycles. The van der Waals surface area contributed by atoms with Gasteiger partial charge in [-0.1, -0.05) is 24.0 Å². The van der Waals surface area contributed by atoms with Crippen molar-refractivity contribution in [1.82, 2.24) is 29.9 Å². The predicted octanol–water partition coefficient (Wildman–Crippen LogP) is 3.36. The number of rotatable bonds is 4. The van der Waals surface area contributed by atoms with E-state index in [1.54, 1.807) is 49.1 Å². The van der Waals surface area contributed by atoms with E-state index >= 15 is 0 Å². The van der Waals surface area contributed by atoms with Crippen LogP contribution in [-0.2, 0) is 0 Å². The standard InChI is InChI=1S/C23H19N7O/c1-16(2)30-15-26-29-22(30)20-7-4-8-21(27-20)28-23(31)19-6-3-5-17(13-19)9-10-18-11-12-24-25-14-18/h3-8,11-16H,1-2H3,(H,27,28,31). The molecule has 1 amide bonds. The van der Waals surface area contributed by atoms with Gasteiger partial charge in [-0.15, -0.1) is 10.2 Å². The fourth-order valence-electron chi connectivity index (χ4n) is 2.87. The summed E-state index contributed by atoms with van der Waals surface area (Å²) in [4.78, 5) is 17.3. The number of hydrogen-bond acceptors (Lipinski definition) is 6. The third kappa shape index (κ3) is 4.79. The molecule has 4 aromatic rings. The first kappa shape index (κ1) is 19.9. The lowest BCUT2D eigenvalue weighted by Gasteiger charge is -2.10. The minimum atomic E-state index is -0.274. The van der Waals surface area contributed by atoms with Crippen LogP contribution in [-0.4, -0.2) is 35.9 Å². The van der Waals surface area contributed by atoms with Crippen molar-refractivity contribution >= 4 is 11.7 Å². The Kier molecular flexibility index (Phi) is 5.76. The molecule has 0 atom stereocenters. The summed E-state index contributed by atoms with van der Waals surface area (Å²) in [5.41, 5.74) is 2.59. The van der Waals surface area contributed by atoms with Crippen molar-refractivity contribution in [3.05, 3.63) is 83.9 Å². The average Bonchev–Trinajstić information content (AvgIpc) is 3.29. The van der Waals surface area contributed by atoms with Crippen molar-refractivity contribution in [2.75, 3.05) is 5.32 Å². The Morgan fingerprint density at radius 1 is 1.00 bits per heavy atom. The van der Waals surface area contributed by atoms with Gasteiger partial charge in [0.1, 0.15) is 17.8 Å². The minimum absolute atomic E-state index is 0.192. The highest BCUT2D eigenvalue weighted by molar-refractivity contribution is 6.04. The summed E-state index contributed by atoms with van der Waals surface area (Å²) < 4.78 is 1.92. The molecule has 3 aromatic heterocycles. The summed E-state index contributed by atoms with van der Waals surface area (Å²) in [6.45, 7) is 4.08. The highest BCUT2D eigenvalue weighted by Crippen LogP contribution is 2.20. The number of pyridine rings is 1. The molecule has 4 rings (SSSR count). The molecule has 1 aromatic carbocycles. The number of carbonyl (C=O) groups excluding carboxylic acids is 1. The quantitative estimate of drug-likeness (QED) is 0.519. The maximum atomic E-state index is 12.8. The zero-order chi connectivity index (χ0) is 21.6. The van der Waals surface area contributed by atoms with E-state index in [-0.39, 0.29) is 11.9 Å². The molecule has 0 bridgehead atoms. The van der Waals surface area contributed by atoms with Crippen LogP contribution < -0.4 is 5.32 Å². The lowest BCUT2D eigenvalue weighted by molar-refractivity contribution is 0.102. The van der Waals surface area contributed by atoms with E-state index in [9.17, 15) is 4.79 Å². The first-order chi connectivity index (χ1) is 15.1. The van der Waals surface area contributed by atoms with Crippen LogP contribution in [0.2, 0.25) is 0 Å². The molecule has 3 heterocycles. The Balaban J connectivity index is 1.53. The Labute approximate surface area is 179 Å². The topological polar surface area (TPSA) is 98.5 Å². The van der Waals surface area contributed by atoms with Crippen molar-refractivity contribution in [3.8, 4) is 23.4 Å². The number of hydrogen-bond donors (Lipinski definition) is 1. The average molecular weight is 409 g/mol. The second-order valence-electron chi connectivity index (χ2n) is 6.98. The third-order valence-corrected chi connectivity index (χ3v) is 4.41. The van der Waals surface area contributed by atoms with Crippen LogP contribution in [0.3, 0.4) is 0 Å². The van der Waals surface area contributed by atoms with Gasteiger partial charge in [0.2, 0.25) is 0 Å². The minimum Gasteiger partial charge on any atom is -0.310 e. The van der Waals surface area contributed by atoms with Crippen molar-refractivity contribution in [2.24, 2.45) is 0 Å². The number of aromatic nitrogens is 6. The number of anilines is 1. The van der Waals surface area contributed by atoms with Gasteiger partial charge in [-0.3, -0.25) is 4.79 Å². The van der Waals surface area contributed by atoms with Crippen LogP contribution >= 0.6 is 0 Å². The molecule has 0 saturated heterocycles. The maximum absolute atomic E-state index is 12.8. The van der Waals surface area contributed by atoms with Crippen molar-refractivity contribution in [1.29, 1.82) is 0 Å². The number of nitrogens with one attached hydrogen (secondary N) is 1. The molecule has 1 N–H and O–H groups in total. The molecular weight excluding hydrogens is 390 g/mol. The third-order valence-electron chi connectivity index (χ3n) is 4.41. The van der Waals surface area contributed by atoms with E-state index in [1.165, 1.54) is 0 Å². The van der Waals surface area contributed by atoms with Gasteiger partial charge < -0.3 is 9.88 Å². The number of benzene rings is 1. The van der Waals surface area contributed by atoms with Crippen LogP contribution in [0.15, 0.2) is 67.3 Å². The van der Waals surface area contributed by atoms with E-state index in [4.69, 9.17) is 0 Å². The van der Waals surface area contributed by atoms with Crippen LogP contribution in [0.25, 0.3) is 11.5 Å². The van der Waals surface area contributed by atoms with Crippen molar-refractivity contribution in [3.63, 3.8) is 0 Å². The molecule has 0 aliphatic heterocycles. The van der Waals surface area contributed by atoms with E-state index < -0.39 is 0 Å². The van der Waals surface area contributed by atoms with Gasteiger partial charge in [-0.2, -0.15) is 10.2 Å². The molecule has 0 fully saturated rings. The molecule has 152 valence electrons. The summed E-state index contributed by atoms with van der Waals surface area (Å²) in [5.74, 6) is 6.84. The van der Waals surface area contributed by atoms with Gasteiger partial charge in [-0.25, -0.2) is 4.98 Å². The smallest absolute Gasteiger partial charge is 0.256 e. The fourth-order valence-corrected chi connectivity index (χ4v) is 2.87. The van der Waals surface area contributed by atoms with Crippen LogP contribution in [0, 0.1) is 11.8 Å². The van der Waals surface area contributed by atoms with Gasteiger partial charge in [0, 0.05) is 22.7 Å². The van der Waals surface area contributed by atoms with Gasteiger partial charge in [0.15, 0.2) is 5.82 Å². The zero-order valence-corrected chi connectivity index (χ0v) is 17.0. The fraction of sp³-hybridized carbons (Fsp3) is 0.130. The highest BCUT2D eigenvalue weighted by atomic mass is 16.1. The second kappa shape index (κ2) is 8.97. The van der Waals surface area contributed by atoms with Gasteiger partial charge in [0.05, 0.1) is 12.4 Å². The van der Waals surface area contributed by atoms with E-state index in [0.29, 0.717) is 22.9 Å². The maximum Gasteiger partial charge on any atom is 0.256 e. The van der Waals surface area contributed by atoms with E-state index in [1.807, 2.05) is 36.6 Å². The Morgan fingerprint density at radius 3 is 2.65 bits per heavy atom. The number of nitrogens with zero attached hydrogens (tertiary/aromatic N) is 6. The number of carbonyl (C=O) groups is 1. The molecule has 0 spiro atoms. The lowest BCUT2D eigenvalue weighted by Crippen LogP contribution is -2.13. The van der Waals surface area contributed by atoms with Gasteiger partial charge in [0.25, 0.3) is 5.91 Å². The Morgan fingerprint density at radius 2 is 1.84 bits per heavy atom. The molecule has 8 heteroatoms. The summed E-state index contributed by atoms with van der Waals surface area (Å²) in [5, 5.41) is 18.5. The van der Waals surface area contributed by atoms with Crippen LogP contribution in [0.5, 0.6) is 0 Å². The molecule has 0 saturated carbocycles. The SMILES string of the molecule is CC(C)n1cnnc1-c1cccc(NC(=O)c2cccc(C#Cc3ccnnc3)c2)n1. The Hall–Kier alpha value is -4.38. The van der Waals surface area contributed by atoms with Gasteiger partial charge in [-0.05, 0) is 50.2 Å². The summed E-state index contributed by atoms with van der Waals surface area (Å²) >= 11 is 0. The van der Waals surface area contributed by atoms with Crippen molar-refractivity contribution < 1.29 is 4.79 Å². The van der Waals surface area contributed by atoms with E-state index in [0.717, 1.165) is 11.1 Å². The summed E-state index contributed by atoms with van der Waals surface area (Å²) in [6, 6.07) is 14.5. The molecule has 8 nitrogen and oxygen atoms in total. The normalized spacial score (nSPS) is 10.4. The zero-order valence-electron chi connectivity index (χ0n) is 17.0. The highest BCUT2D eigenvalue weighted by Gasteiger charge is 2.13. The predicted molar refractivity (Wildman–Crippen MR) is 116 cm³/mol. The largest absolute Gasteiger partial charge is 0.310 e. The second-order valence-corrected chi connectivity index (χ2v) is 6.98. The first-order valence-corrected chi connectivity index (χ1v) is 9.67. The molecular formula is C23H19N7O. The number of amides is 1. The summed E-state index contributed by atoms with van der Waals surface area (Å²) in [6.07, 6.45) is 4.84. The van der Waals surface area contributed by atoms with Gasteiger partial charge >= 0.3 is 0 Å². The van der Waals surface area contributed by atoms with Crippen LogP contribution in [0.1, 0.15) is 41.4 Å². The monoisotopic (exact) mass is 409 g/mol. The van der Waals surface area contributed by atoms with Crippen LogP contribution in [0.4, 0.5) is 5.82 Å².